The molecule has 0 spiro atoms. The normalized spacial score (nSPS) is 12.0. The van der Waals surface area contributed by atoms with Gasteiger partial charge in [0, 0.05) is 4.90 Å². The third-order valence-electron chi connectivity index (χ3n) is 2.41. The lowest BCUT2D eigenvalue weighted by atomic mass is 10.1. The number of rotatable bonds is 2. The summed E-state index contributed by atoms with van der Waals surface area (Å²) in [6.07, 6.45) is 2.14. The molecule has 0 unspecified atom stereocenters. The highest BCUT2D eigenvalue weighted by Crippen LogP contribution is 2.28. The van der Waals surface area contributed by atoms with Crippen molar-refractivity contribution in [3.05, 3.63) is 53.4 Å². The van der Waals surface area contributed by atoms with E-state index in [0.717, 1.165) is 0 Å². The van der Waals surface area contributed by atoms with Crippen LogP contribution in [0.1, 0.15) is 13.8 Å². The van der Waals surface area contributed by atoms with Gasteiger partial charge in [-0.05, 0) is 41.7 Å². The van der Waals surface area contributed by atoms with E-state index in [1.807, 2.05) is 11.8 Å². The zero-order valence-corrected chi connectivity index (χ0v) is 9.84. The van der Waals surface area contributed by atoms with Crippen molar-refractivity contribution in [3.63, 3.8) is 0 Å². The molecule has 2 aromatic carbocycles. The first-order valence-corrected chi connectivity index (χ1v) is 5.91. The second-order valence-electron chi connectivity index (χ2n) is 3.51. The lowest BCUT2D eigenvalue weighted by molar-refractivity contribution is 1.49. The predicted molar refractivity (Wildman–Crippen MR) is 69.2 cm³/mol. The van der Waals surface area contributed by atoms with Crippen molar-refractivity contribution in [2.75, 3.05) is 0 Å². The maximum absolute atomic E-state index is 2.24. The van der Waals surface area contributed by atoms with Crippen molar-refractivity contribution in [2.45, 2.75) is 18.7 Å². The molecule has 1 heteroatoms. The van der Waals surface area contributed by atoms with Crippen LogP contribution in [0, 0.1) is 0 Å². The Morgan fingerprint density at radius 3 is 2.53 bits per heavy atom. The molecule has 0 atom stereocenters. The quantitative estimate of drug-likeness (QED) is 0.644. The zero-order valence-electron chi connectivity index (χ0n) is 9.03. The molecule has 0 aromatic heterocycles. The highest BCUT2D eigenvalue weighted by Gasteiger charge is 1.97. The maximum Gasteiger partial charge on any atom is 0.0125 e. The summed E-state index contributed by atoms with van der Waals surface area (Å²) in [5.74, 6) is 0. The molecule has 0 aliphatic carbocycles. The molecule has 0 N–H and O–H groups in total. The van der Waals surface area contributed by atoms with Gasteiger partial charge in [0.25, 0.3) is 0 Å². The van der Waals surface area contributed by atoms with Gasteiger partial charge in [0.15, 0.2) is 0 Å². The molecule has 0 nitrogen and oxygen atoms in total. The Hall–Kier alpha value is -1.21. The summed E-state index contributed by atoms with van der Waals surface area (Å²) < 4.78 is 0. The molecule has 76 valence electrons. The summed E-state index contributed by atoms with van der Waals surface area (Å²) in [7, 11) is 0. The van der Waals surface area contributed by atoms with Crippen LogP contribution in [-0.2, 0) is 0 Å². The van der Waals surface area contributed by atoms with E-state index in [-0.39, 0.29) is 0 Å². The predicted octanol–water partition coefficient (Wildman–Crippen LogP) is 4.86. The average molecular weight is 214 g/mol. The Kier molecular flexibility index (Phi) is 3.12. The van der Waals surface area contributed by atoms with Crippen LogP contribution in [-0.4, -0.2) is 0 Å². The first-order valence-electron chi connectivity index (χ1n) is 5.09. The maximum atomic E-state index is 2.24. The van der Waals surface area contributed by atoms with E-state index in [2.05, 4.69) is 62.4 Å². The Bertz CT molecular complexity index is 497. The van der Waals surface area contributed by atoms with Crippen LogP contribution < -0.4 is 0 Å². The molecule has 15 heavy (non-hydrogen) atoms. The minimum atomic E-state index is 1.31. The fourth-order valence-corrected chi connectivity index (χ4v) is 2.29. The topological polar surface area (TPSA) is 0 Å². The third-order valence-corrected chi connectivity index (χ3v) is 3.45. The monoisotopic (exact) mass is 214 g/mol. The minimum absolute atomic E-state index is 1.31. The number of allylic oxidation sites excluding steroid dienone is 2. The number of hydrogen-bond acceptors (Lipinski definition) is 1. The van der Waals surface area contributed by atoms with E-state index < -0.39 is 0 Å². The Morgan fingerprint density at radius 2 is 1.80 bits per heavy atom. The van der Waals surface area contributed by atoms with Crippen LogP contribution >= 0.6 is 11.8 Å². The van der Waals surface area contributed by atoms with Crippen LogP contribution in [0.25, 0.3) is 10.8 Å². The first kappa shape index (κ1) is 10.3. The average Bonchev–Trinajstić information content (AvgIpc) is 2.29. The number of fused-ring (bicyclic) bond motifs is 1. The number of hydrogen-bond donors (Lipinski definition) is 0. The van der Waals surface area contributed by atoms with Crippen molar-refractivity contribution >= 4 is 22.5 Å². The Morgan fingerprint density at radius 1 is 1.07 bits per heavy atom. The van der Waals surface area contributed by atoms with Gasteiger partial charge < -0.3 is 0 Å². The van der Waals surface area contributed by atoms with Crippen molar-refractivity contribution < 1.29 is 0 Å². The van der Waals surface area contributed by atoms with Gasteiger partial charge in [0.2, 0.25) is 0 Å². The molecule has 2 aromatic rings. The zero-order chi connectivity index (χ0) is 10.7. The van der Waals surface area contributed by atoms with Gasteiger partial charge in [0.1, 0.15) is 0 Å². The molecule has 0 aliphatic heterocycles. The fourth-order valence-electron chi connectivity index (χ4n) is 1.48. The van der Waals surface area contributed by atoms with Crippen molar-refractivity contribution in [2.24, 2.45) is 0 Å². The van der Waals surface area contributed by atoms with E-state index in [1.54, 1.807) is 0 Å². The second-order valence-corrected chi connectivity index (χ2v) is 4.83. The summed E-state index contributed by atoms with van der Waals surface area (Å²) >= 11 is 1.82. The Labute approximate surface area is 95.0 Å². The van der Waals surface area contributed by atoms with Gasteiger partial charge in [-0.3, -0.25) is 0 Å². The molecule has 0 radical (unpaired) electrons. The molecule has 0 saturated heterocycles. The third kappa shape index (κ3) is 2.42. The molecule has 0 amide bonds. The molecule has 0 bridgehead atoms. The molecular weight excluding hydrogens is 200 g/mol. The van der Waals surface area contributed by atoms with E-state index in [4.69, 9.17) is 0 Å². The van der Waals surface area contributed by atoms with Gasteiger partial charge >= 0.3 is 0 Å². The standard InChI is InChI=1S/C14H14S/c1-3-11(2)15-14-9-8-12-6-4-5-7-13(12)10-14/h3-10H,1-2H3/b11-3+. The van der Waals surface area contributed by atoms with Crippen LogP contribution in [0.15, 0.2) is 58.3 Å². The summed E-state index contributed by atoms with van der Waals surface area (Å²) in [4.78, 5) is 2.65. The van der Waals surface area contributed by atoms with Crippen LogP contribution in [0.2, 0.25) is 0 Å². The second kappa shape index (κ2) is 4.54. The lowest BCUT2D eigenvalue weighted by Gasteiger charge is -2.03. The van der Waals surface area contributed by atoms with Crippen molar-refractivity contribution in [1.29, 1.82) is 0 Å². The fraction of sp³-hybridized carbons (Fsp3) is 0.143. The molecule has 0 saturated carbocycles. The smallest absolute Gasteiger partial charge is 0.0125 e. The summed E-state index contributed by atoms with van der Waals surface area (Å²) in [5, 5.41) is 2.62. The first-order chi connectivity index (χ1) is 7.29. The largest absolute Gasteiger partial charge is 0.0952 e. The van der Waals surface area contributed by atoms with E-state index in [9.17, 15) is 0 Å². The Balaban J connectivity index is 2.39. The van der Waals surface area contributed by atoms with E-state index >= 15 is 0 Å². The minimum Gasteiger partial charge on any atom is -0.0952 e. The number of thioether (sulfide) groups is 1. The summed E-state index contributed by atoms with van der Waals surface area (Å²) in [6.45, 7) is 4.21. The van der Waals surface area contributed by atoms with Crippen molar-refractivity contribution in [3.8, 4) is 0 Å². The molecule has 0 aliphatic rings. The van der Waals surface area contributed by atoms with Gasteiger partial charge in [-0.2, -0.15) is 0 Å². The lowest BCUT2D eigenvalue weighted by Crippen LogP contribution is -1.75. The molecule has 0 fully saturated rings. The summed E-state index contributed by atoms with van der Waals surface area (Å²) in [5.41, 5.74) is 0. The van der Waals surface area contributed by atoms with Crippen LogP contribution in [0.3, 0.4) is 0 Å². The summed E-state index contributed by atoms with van der Waals surface area (Å²) in [6, 6.07) is 15.1. The SMILES string of the molecule is C/C=C(\C)Sc1ccc2ccccc2c1. The van der Waals surface area contributed by atoms with Crippen LogP contribution in [0.4, 0.5) is 0 Å². The van der Waals surface area contributed by atoms with Gasteiger partial charge in [-0.1, -0.05) is 48.2 Å². The van der Waals surface area contributed by atoms with Gasteiger partial charge in [-0.15, -0.1) is 0 Å². The van der Waals surface area contributed by atoms with Gasteiger partial charge in [0.05, 0.1) is 0 Å². The molecule has 0 heterocycles. The number of benzene rings is 2. The highest BCUT2D eigenvalue weighted by molar-refractivity contribution is 8.03. The van der Waals surface area contributed by atoms with E-state index in [1.165, 1.54) is 20.6 Å². The van der Waals surface area contributed by atoms with Crippen LogP contribution in [0.5, 0.6) is 0 Å². The highest BCUT2D eigenvalue weighted by atomic mass is 32.2. The van der Waals surface area contributed by atoms with Gasteiger partial charge in [-0.25, -0.2) is 0 Å². The van der Waals surface area contributed by atoms with Crippen molar-refractivity contribution in [1.82, 2.24) is 0 Å². The van der Waals surface area contributed by atoms with E-state index in [0.29, 0.717) is 0 Å². The molecule has 2 rings (SSSR count). The molecular formula is C14H14S.